The number of carbonyl (C=O) groups is 2. The van der Waals surface area contributed by atoms with Crippen molar-refractivity contribution < 1.29 is 9.59 Å². The molecule has 1 aliphatic rings. The Hall–Kier alpha value is -3.32. The second-order valence-electron chi connectivity index (χ2n) is 6.44. The van der Waals surface area contributed by atoms with Crippen LogP contribution in [0.3, 0.4) is 0 Å². The van der Waals surface area contributed by atoms with Crippen molar-refractivity contribution in [3.05, 3.63) is 70.9 Å². The maximum absolute atomic E-state index is 12.6. The predicted molar refractivity (Wildman–Crippen MR) is 108 cm³/mol. The van der Waals surface area contributed by atoms with E-state index in [2.05, 4.69) is 15.7 Å². The Morgan fingerprint density at radius 1 is 1.18 bits per heavy atom. The summed E-state index contributed by atoms with van der Waals surface area (Å²) in [6, 6.07) is 14.1. The van der Waals surface area contributed by atoms with Crippen LogP contribution in [0, 0.1) is 6.92 Å². The molecule has 1 aromatic heterocycles. The van der Waals surface area contributed by atoms with Gasteiger partial charge < -0.3 is 10.6 Å². The highest BCUT2D eigenvalue weighted by Crippen LogP contribution is 2.23. The average Bonchev–Trinajstić information content (AvgIpc) is 3.28. The number of para-hydroxylation sites is 1. The predicted octanol–water partition coefficient (Wildman–Crippen LogP) is 3.62. The Morgan fingerprint density at radius 3 is 2.61 bits per heavy atom. The molecular formula is C20H18ClN5O2. The zero-order chi connectivity index (χ0) is 19.7. The summed E-state index contributed by atoms with van der Waals surface area (Å²) < 4.78 is 1.64. The van der Waals surface area contributed by atoms with Crippen LogP contribution in [0.5, 0.6) is 0 Å². The van der Waals surface area contributed by atoms with E-state index in [-0.39, 0.29) is 11.9 Å². The van der Waals surface area contributed by atoms with Crippen LogP contribution >= 0.6 is 11.6 Å². The number of aromatic nitrogens is 2. The minimum Gasteiger partial charge on any atom is -0.336 e. The van der Waals surface area contributed by atoms with Crippen LogP contribution in [-0.4, -0.2) is 34.8 Å². The molecule has 7 nitrogen and oxygen atoms in total. The number of rotatable bonds is 4. The molecule has 1 saturated heterocycles. The second-order valence-corrected chi connectivity index (χ2v) is 6.85. The van der Waals surface area contributed by atoms with Crippen LogP contribution in [0.2, 0.25) is 5.02 Å². The zero-order valence-electron chi connectivity index (χ0n) is 15.1. The maximum atomic E-state index is 12.6. The molecular weight excluding hydrogens is 378 g/mol. The summed E-state index contributed by atoms with van der Waals surface area (Å²) >= 11 is 6.22. The fourth-order valence-electron chi connectivity index (χ4n) is 3.03. The Morgan fingerprint density at radius 2 is 1.93 bits per heavy atom. The number of hydrogen-bond donors (Lipinski definition) is 2. The largest absolute Gasteiger partial charge is 0.336 e. The molecule has 142 valence electrons. The Labute approximate surface area is 166 Å². The van der Waals surface area contributed by atoms with Gasteiger partial charge in [0.25, 0.3) is 5.91 Å². The van der Waals surface area contributed by atoms with Gasteiger partial charge in [0.1, 0.15) is 0 Å². The van der Waals surface area contributed by atoms with Crippen molar-refractivity contribution in [2.75, 3.05) is 23.3 Å². The van der Waals surface area contributed by atoms with Crippen molar-refractivity contribution in [1.29, 1.82) is 0 Å². The lowest BCUT2D eigenvalue weighted by atomic mass is 10.2. The SMILES string of the molecule is Cc1cn(-c2ccccc2Cl)nc1NC(=O)c1ccc(N2CCNC2=O)cc1. The van der Waals surface area contributed by atoms with E-state index >= 15 is 0 Å². The Bertz CT molecular complexity index is 1050. The third-order valence-electron chi connectivity index (χ3n) is 4.53. The van der Waals surface area contributed by atoms with E-state index in [0.717, 1.165) is 16.9 Å². The molecule has 8 heteroatoms. The van der Waals surface area contributed by atoms with Crippen molar-refractivity contribution in [3.8, 4) is 5.69 Å². The molecule has 1 aliphatic heterocycles. The van der Waals surface area contributed by atoms with Gasteiger partial charge in [0.05, 0.1) is 10.7 Å². The van der Waals surface area contributed by atoms with Crippen molar-refractivity contribution >= 4 is 35.0 Å². The van der Waals surface area contributed by atoms with Gasteiger partial charge in [-0.15, -0.1) is 5.10 Å². The molecule has 3 aromatic rings. The lowest BCUT2D eigenvalue weighted by Gasteiger charge is -2.14. The lowest BCUT2D eigenvalue weighted by molar-refractivity contribution is 0.102. The van der Waals surface area contributed by atoms with Gasteiger partial charge in [0.15, 0.2) is 5.82 Å². The molecule has 0 radical (unpaired) electrons. The van der Waals surface area contributed by atoms with E-state index < -0.39 is 0 Å². The quantitative estimate of drug-likeness (QED) is 0.708. The molecule has 0 unspecified atom stereocenters. The molecule has 0 aliphatic carbocycles. The van der Waals surface area contributed by atoms with Crippen LogP contribution in [0.1, 0.15) is 15.9 Å². The lowest BCUT2D eigenvalue weighted by Crippen LogP contribution is -2.27. The molecule has 2 heterocycles. The highest BCUT2D eigenvalue weighted by atomic mass is 35.5. The van der Waals surface area contributed by atoms with E-state index in [4.69, 9.17) is 11.6 Å². The first-order valence-electron chi connectivity index (χ1n) is 8.81. The summed E-state index contributed by atoms with van der Waals surface area (Å²) in [5.74, 6) is 0.192. The van der Waals surface area contributed by atoms with E-state index in [1.807, 2.05) is 31.3 Å². The fraction of sp³-hybridized carbons (Fsp3) is 0.150. The van der Waals surface area contributed by atoms with E-state index in [9.17, 15) is 9.59 Å². The van der Waals surface area contributed by atoms with Crippen LogP contribution in [-0.2, 0) is 0 Å². The number of urea groups is 1. The number of nitrogens with zero attached hydrogens (tertiary/aromatic N) is 3. The molecule has 0 bridgehead atoms. The van der Waals surface area contributed by atoms with Crippen LogP contribution in [0.25, 0.3) is 5.69 Å². The van der Waals surface area contributed by atoms with Crippen molar-refractivity contribution in [2.24, 2.45) is 0 Å². The molecule has 1 fully saturated rings. The molecule has 0 atom stereocenters. The number of halogens is 1. The zero-order valence-corrected chi connectivity index (χ0v) is 15.9. The van der Waals surface area contributed by atoms with E-state index in [1.54, 1.807) is 39.9 Å². The summed E-state index contributed by atoms with van der Waals surface area (Å²) in [7, 11) is 0. The molecule has 2 aromatic carbocycles. The topological polar surface area (TPSA) is 79.3 Å². The number of benzene rings is 2. The van der Waals surface area contributed by atoms with E-state index in [0.29, 0.717) is 29.5 Å². The summed E-state index contributed by atoms with van der Waals surface area (Å²) in [6.45, 7) is 3.10. The number of hydrogen-bond acceptors (Lipinski definition) is 3. The van der Waals surface area contributed by atoms with Crippen molar-refractivity contribution in [2.45, 2.75) is 6.92 Å². The van der Waals surface area contributed by atoms with Gasteiger partial charge in [-0.3, -0.25) is 9.69 Å². The summed E-state index contributed by atoms with van der Waals surface area (Å²) in [4.78, 5) is 26.0. The molecule has 2 N–H and O–H groups in total. The van der Waals surface area contributed by atoms with Gasteiger partial charge in [0.2, 0.25) is 0 Å². The third kappa shape index (κ3) is 3.44. The van der Waals surface area contributed by atoms with Gasteiger partial charge in [0, 0.05) is 36.1 Å². The van der Waals surface area contributed by atoms with Gasteiger partial charge in [-0.25, -0.2) is 9.48 Å². The summed E-state index contributed by atoms with van der Waals surface area (Å²) in [5.41, 5.74) is 2.79. The monoisotopic (exact) mass is 395 g/mol. The average molecular weight is 396 g/mol. The molecule has 4 rings (SSSR count). The third-order valence-corrected chi connectivity index (χ3v) is 4.85. The second kappa shape index (κ2) is 7.36. The first kappa shape index (κ1) is 18.1. The molecule has 28 heavy (non-hydrogen) atoms. The number of aryl methyl sites for hydroxylation is 1. The minimum absolute atomic E-state index is 0.127. The van der Waals surface area contributed by atoms with Crippen molar-refractivity contribution in [1.82, 2.24) is 15.1 Å². The number of anilines is 2. The Kier molecular flexibility index (Phi) is 4.75. The van der Waals surface area contributed by atoms with Crippen LogP contribution < -0.4 is 15.5 Å². The van der Waals surface area contributed by atoms with Gasteiger partial charge in [-0.1, -0.05) is 23.7 Å². The number of amides is 3. The highest BCUT2D eigenvalue weighted by Gasteiger charge is 2.21. The fourth-order valence-corrected chi connectivity index (χ4v) is 3.26. The summed E-state index contributed by atoms with van der Waals surface area (Å²) in [6.07, 6.45) is 1.81. The van der Waals surface area contributed by atoms with Gasteiger partial charge >= 0.3 is 6.03 Å². The number of nitrogens with one attached hydrogen (secondary N) is 2. The minimum atomic E-state index is -0.273. The molecule has 0 saturated carbocycles. The maximum Gasteiger partial charge on any atom is 0.321 e. The number of carbonyl (C=O) groups excluding carboxylic acids is 2. The standard InChI is InChI=1S/C20H18ClN5O2/c1-13-12-26(17-5-3-2-4-16(17)21)24-18(13)23-19(27)14-6-8-15(9-7-14)25-11-10-22-20(25)28/h2-9,12H,10-11H2,1H3,(H,22,28)(H,23,24,27). The molecule has 0 spiro atoms. The molecule has 3 amide bonds. The van der Waals surface area contributed by atoms with Crippen molar-refractivity contribution in [3.63, 3.8) is 0 Å². The van der Waals surface area contributed by atoms with Crippen LogP contribution in [0.15, 0.2) is 54.7 Å². The Balaban J connectivity index is 1.51. The van der Waals surface area contributed by atoms with E-state index in [1.165, 1.54) is 0 Å². The first-order chi connectivity index (χ1) is 13.5. The smallest absolute Gasteiger partial charge is 0.321 e. The normalized spacial score (nSPS) is 13.5. The van der Waals surface area contributed by atoms with Crippen LogP contribution in [0.4, 0.5) is 16.3 Å². The first-order valence-corrected chi connectivity index (χ1v) is 9.18. The van der Waals surface area contributed by atoms with Gasteiger partial charge in [-0.05, 0) is 43.3 Å². The van der Waals surface area contributed by atoms with Gasteiger partial charge in [-0.2, -0.15) is 0 Å². The highest BCUT2D eigenvalue weighted by molar-refractivity contribution is 6.32. The summed E-state index contributed by atoms with van der Waals surface area (Å²) in [5, 5.41) is 10.6.